The largest absolute Gasteiger partial charge is 0.339 e. The van der Waals surface area contributed by atoms with Crippen molar-refractivity contribution in [3.63, 3.8) is 0 Å². The number of nitrogens with zero attached hydrogens (tertiary/aromatic N) is 2. The van der Waals surface area contributed by atoms with Gasteiger partial charge >= 0.3 is 0 Å². The number of carbonyl (C=O) groups is 2. The molecule has 200 valence electrons. The Labute approximate surface area is 231 Å². The number of piperazine rings is 1. The van der Waals surface area contributed by atoms with Gasteiger partial charge in [0.15, 0.2) is 0 Å². The molecule has 2 amide bonds. The molecule has 3 aromatic rings. The maximum atomic E-state index is 14.0. The summed E-state index contributed by atoms with van der Waals surface area (Å²) in [5.74, 6) is -0.200. The zero-order valence-corrected chi connectivity index (χ0v) is 22.5. The second kappa shape index (κ2) is 11.4. The summed E-state index contributed by atoms with van der Waals surface area (Å²) < 4.78 is 0. The zero-order chi connectivity index (χ0) is 27.3. The Kier molecular flexibility index (Phi) is 7.80. The number of nitrogens with one attached hydrogen (secondary N) is 1. The van der Waals surface area contributed by atoms with E-state index in [1.807, 2.05) is 53.4 Å². The van der Waals surface area contributed by atoms with Gasteiger partial charge in [0.05, 0.1) is 5.41 Å². The van der Waals surface area contributed by atoms with E-state index >= 15 is 0 Å². The fraction of sp³-hybridized carbons (Fsp3) is 0.294. The second-order valence-corrected chi connectivity index (χ2v) is 10.6. The van der Waals surface area contributed by atoms with Gasteiger partial charge in [-0.3, -0.25) is 9.59 Å². The molecular formula is C34H37N3O2. The van der Waals surface area contributed by atoms with Crippen molar-refractivity contribution >= 4 is 11.8 Å². The number of piperidine rings is 1. The highest BCUT2D eigenvalue weighted by Crippen LogP contribution is 2.40. The van der Waals surface area contributed by atoms with E-state index in [-0.39, 0.29) is 11.8 Å². The summed E-state index contributed by atoms with van der Waals surface area (Å²) in [7, 11) is 0. The van der Waals surface area contributed by atoms with Crippen LogP contribution in [0.4, 0.5) is 0 Å². The molecule has 0 aromatic heterocycles. The zero-order valence-electron chi connectivity index (χ0n) is 22.5. The highest BCUT2D eigenvalue weighted by Gasteiger charge is 2.55. The topological polar surface area (TPSA) is 52.7 Å². The summed E-state index contributed by atoms with van der Waals surface area (Å²) in [5, 5.41) is 2.97. The monoisotopic (exact) mass is 519 g/mol. The van der Waals surface area contributed by atoms with Crippen LogP contribution in [0, 0.1) is 0 Å². The van der Waals surface area contributed by atoms with Crippen LogP contribution in [0.5, 0.6) is 0 Å². The summed E-state index contributed by atoms with van der Waals surface area (Å²) in [6.07, 6.45) is 5.60. The molecule has 3 aromatic carbocycles. The molecule has 2 heterocycles. The summed E-state index contributed by atoms with van der Waals surface area (Å²) in [6, 6.07) is 30.0. The molecule has 2 aliphatic rings. The van der Waals surface area contributed by atoms with Crippen LogP contribution in [-0.4, -0.2) is 59.4 Å². The van der Waals surface area contributed by atoms with E-state index in [1.165, 1.54) is 11.6 Å². The molecule has 39 heavy (non-hydrogen) atoms. The number of carbonyl (C=O) groups excluding carboxylic acids is 2. The Hall–Kier alpha value is -3.96. The van der Waals surface area contributed by atoms with Crippen LogP contribution < -0.4 is 5.32 Å². The fourth-order valence-electron chi connectivity index (χ4n) is 6.17. The van der Waals surface area contributed by atoms with Gasteiger partial charge in [-0.2, -0.15) is 0 Å². The van der Waals surface area contributed by atoms with Crippen molar-refractivity contribution in [2.45, 2.75) is 36.3 Å². The number of likely N-dealkylation sites (tertiary alicyclic amines) is 1. The van der Waals surface area contributed by atoms with Gasteiger partial charge in [-0.05, 0) is 36.0 Å². The molecule has 2 fully saturated rings. The van der Waals surface area contributed by atoms with E-state index in [4.69, 9.17) is 0 Å². The predicted octanol–water partition coefficient (Wildman–Crippen LogP) is 4.75. The molecule has 0 bridgehead atoms. The number of amides is 2. The van der Waals surface area contributed by atoms with Crippen LogP contribution in [0.2, 0.25) is 0 Å². The lowest BCUT2D eigenvalue weighted by atomic mass is 9.72. The van der Waals surface area contributed by atoms with Crippen molar-refractivity contribution in [2.75, 3.05) is 26.2 Å². The lowest BCUT2D eigenvalue weighted by Gasteiger charge is -2.53. The number of hydrogen-bond donors (Lipinski definition) is 1. The van der Waals surface area contributed by atoms with Crippen LogP contribution in [-0.2, 0) is 21.4 Å². The molecule has 5 rings (SSSR count). The molecule has 0 radical (unpaired) electrons. The molecule has 2 saturated heterocycles. The first-order valence-corrected chi connectivity index (χ1v) is 13.8. The molecule has 5 heteroatoms. The van der Waals surface area contributed by atoms with Crippen molar-refractivity contribution < 1.29 is 9.59 Å². The molecule has 1 spiro atoms. The summed E-state index contributed by atoms with van der Waals surface area (Å²) in [5.41, 5.74) is 1.78. The highest BCUT2D eigenvalue weighted by atomic mass is 16.2. The predicted molar refractivity (Wildman–Crippen MR) is 156 cm³/mol. The van der Waals surface area contributed by atoms with Gasteiger partial charge < -0.3 is 15.1 Å². The minimum absolute atomic E-state index is 0.0891. The fourth-order valence-corrected chi connectivity index (χ4v) is 6.17. The molecule has 1 N–H and O–H groups in total. The van der Waals surface area contributed by atoms with Crippen LogP contribution in [0.25, 0.3) is 0 Å². The van der Waals surface area contributed by atoms with Gasteiger partial charge in [0.25, 0.3) is 0 Å². The van der Waals surface area contributed by atoms with Crippen molar-refractivity contribution in [1.82, 2.24) is 15.1 Å². The Morgan fingerprint density at radius 1 is 0.846 bits per heavy atom. The molecule has 0 saturated carbocycles. The minimum Gasteiger partial charge on any atom is -0.339 e. The van der Waals surface area contributed by atoms with E-state index in [1.54, 1.807) is 0 Å². The van der Waals surface area contributed by atoms with Gasteiger partial charge in [-0.25, -0.2) is 0 Å². The maximum absolute atomic E-state index is 14.0. The van der Waals surface area contributed by atoms with E-state index < -0.39 is 17.0 Å². The first-order chi connectivity index (χ1) is 19.0. The number of rotatable bonds is 9. The molecule has 5 nitrogen and oxygen atoms in total. The molecule has 0 aliphatic carbocycles. The second-order valence-electron chi connectivity index (χ2n) is 10.6. The third-order valence-corrected chi connectivity index (χ3v) is 8.57. The van der Waals surface area contributed by atoms with Gasteiger partial charge in [-0.1, -0.05) is 103 Å². The van der Waals surface area contributed by atoms with Crippen molar-refractivity contribution in [3.05, 3.63) is 133 Å². The van der Waals surface area contributed by atoms with E-state index in [0.717, 1.165) is 37.2 Å². The van der Waals surface area contributed by atoms with E-state index in [0.29, 0.717) is 19.4 Å². The average molecular weight is 520 g/mol. The Morgan fingerprint density at radius 3 is 1.90 bits per heavy atom. The lowest BCUT2D eigenvalue weighted by Crippen LogP contribution is -2.73. The van der Waals surface area contributed by atoms with Crippen LogP contribution in [0.1, 0.15) is 29.5 Å². The molecule has 0 unspecified atom stereocenters. The van der Waals surface area contributed by atoms with Gasteiger partial charge in [-0.15, -0.1) is 13.2 Å². The SMILES string of the molecule is C=C[C@@H]1NC(=O)C2(CCN(CCc3ccccc3)CC2)N(CC(C=C)(c2ccccc2)c2ccccc2)C1=O. The molecular weight excluding hydrogens is 482 g/mol. The number of hydrogen-bond acceptors (Lipinski definition) is 3. The quantitative estimate of drug-likeness (QED) is 0.415. The number of benzene rings is 3. The van der Waals surface area contributed by atoms with E-state index in [2.05, 4.69) is 71.9 Å². The molecule has 1 atom stereocenters. The first kappa shape index (κ1) is 26.6. The third-order valence-electron chi connectivity index (χ3n) is 8.57. The maximum Gasteiger partial charge on any atom is 0.250 e. The van der Waals surface area contributed by atoms with Crippen LogP contribution in [0.15, 0.2) is 116 Å². The molecule has 2 aliphatic heterocycles. The average Bonchev–Trinajstić information content (AvgIpc) is 3.00. The van der Waals surface area contributed by atoms with Crippen molar-refractivity contribution in [3.8, 4) is 0 Å². The van der Waals surface area contributed by atoms with E-state index in [9.17, 15) is 9.59 Å². The Balaban J connectivity index is 1.48. The lowest BCUT2D eigenvalue weighted by molar-refractivity contribution is -0.160. The van der Waals surface area contributed by atoms with Gasteiger partial charge in [0.1, 0.15) is 11.6 Å². The third kappa shape index (κ3) is 5.07. The summed E-state index contributed by atoms with van der Waals surface area (Å²) >= 11 is 0. The smallest absolute Gasteiger partial charge is 0.250 e. The summed E-state index contributed by atoms with van der Waals surface area (Å²) in [4.78, 5) is 32.1. The van der Waals surface area contributed by atoms with Crippen LogP contribution >= 0.6 is 0 Å². The summed E-state index contributed by atoms with van der Waals surface area (Å²) in [6.45, 7) is 10.9. The van der Waals surface area contributed by atoms with Gasteiger partial charge in [0, 0.05) is 26.2 Å². The normalized spacial score (nSPS) is 19.5. The Morgan fingerprint density at radius 2 is 1.38 bits per heavy atom. The van der Waals surface area contributed by atoms with Gasteiger partial charge in [0.2, 0.25) is 11.8 Å². The minimum atomic E-state index is -0.919. The highest BCUT2D eigenvalue weighted by molar-refractivity contribution is 6.01. The van der Waals surface area contributed by atoms with Crippen LogP contribution in [0.3, 0.4) is 0 Å². The standard InChI is InChI=1S/C34H37N3O2/c1-3-30-31(38)37(26-33(4-2,28-16-10-6-11-17-28)29-18-12-7-13-19-29)34(32(39)35-30)21-24-36(25-22-34)23-20-27-14-8-5-9-15-27/h3-19,30H,1-2,20-26H2,(H,35,39)/t30-/m0/s1. The first-order valence-electron chi connectivity index (χ1n) is 13.8. The van der Waals surface area contributed by atoms with Crippen molar-refractivity contribution in [1.29, 1.82) is 0 Å². The van der Waals surface area contributed by atoms with Crippen molar-refractivity contribution in [2.24, 2.45) is 0 Å². The Bertz CT molecular complexity index is 1260.